The highest BCUT2D eigenvalue weighted by Crippen LogP contribution is 2.51. The number of benzene rings is 8. The Labute approximate surface area is 285 Å². The minimum Gasteiger partial charge on any atom is -0.456 e. The summed E-state index contributed by atoms with van der Waals surface area (Å²) in [5.41, 5.74) is 13.0. The van der Waals surface area contributed by atoms with Crippen molar-refractivity contribution in [2.45, 2.75) is 19.3 Å². The van der Waals surface area contributed by atoms with Gasteiger partial charge in [0.15, 0.2) is 0 Å². The Morgan fingerprint density at radius 2 is 1.06 bits per heavy atom. The Kier molecular flexibility index (Phi) is 5.95. The molecule has 1 aromatic heterocycles. The first-order valence-corrected chi connectivity index (χ1v) is 17.0. The van der Waals surface area contributed by atoms with Crippen LogP contribution in [-0.4, -0.2) is 0 Å². The van der Waals surface area contributed by atoms with E-state index in [-0.39, 0.29) is 5.41 Å². The van der Waals surface area contributed by atoms with Gasteiger partial charge in [0, 0.05) is 33.2 Å². The standard InChI is InChI=1S/C47H33NO/c1-47(2)43-14-8-6-12-38(43)39-25-23-36(28-44(39)47)48(34-20-18-31(19-21-34)30-10-4-3-5-11-30)35-22-24-37-32(26-35)16-17-33-27-46-42(29-41(33)37)40-13-7-9-15-45(40)49-46/h3-29H,1-2H3. The van der Waals surface area contributed by atoms with Crippen LogP contribution in [0.15, 0.2) is 168 Å². The summed E-state index contributed by atoms with van der Waals surface area (Å²) in [6.45, 7) is 4.70. The number of furan rings is 1. The van der Waals surface area contributed by atoms with Crippen LogP contribution in [-0.2, 0) is 5.41 Å². The van der Waals surface area contributed by atoms with E-state index in [1.54, 1.807) is 0 Å². The van der Waals surface area contributed by atoms with E-state index in [1.807, 2.05) is 12.1 Å². The van der Waals surface area contributed by atoms with Gasteiger partial charge in [0.05, 0.1) is 0 Å². The monoisotopic (exact) mass is 627 g/mol. The van der Waals surface area contributed by atoms with E-state index in [4.69, 9.17) is 4.42 Å². The lowest BCUT2D eigenvalue weighted by molar-refractivity contribution is 0.660. The van der Waals surface area contributed by atoms with E-state index in [9.17, 15) is 0 Å². The lowest BCUT2D eigenvalue weighted by Crippen LogP contribution is -2.16. The van der Waals surface area contributed by atoms with Gasteiger partial charge in [0.25, 0.3) is 0 Å². The Morgan fingerprint density at radius 3 is 1.92 bits per heavy atom. The smallest absolute Gasteiger partial charge is 0.136 e. The van der Waals surface area contributed by atoms with Crippen molar-refractivity contribution in [3.63, 3.8) is 0 Å². The van der Waals surface area contributed by atoms with E-state index in [0.717, 1.165) is 39.0 Å². The van der Waals surface area contributed by atoms with Crippen molar-refractivity contribution in [2.75, 3.05) is 4.90 Å². The fourth-order valence-electron chi connectivity index (χ4n) is 8.12. The summed E-state index contributed by atoms with van der Waals surface area (Å²) in [4.78, 5) is 2.41. The van der Waals surface area contributed by atoms with Gasteiger partial charge in [-0.2, -0.15) is 0 Å². The summed E-state index contributed by atoms with van der Waals surface area (Å²) < 4.78 is 6.22. The second-order valence-corrected chi connectivity index (χ2v) is 13.8. The Hall–Kier alpha value is -6.12. The first-order chi connectivity index (χ1) is 24.0. The molecule has 0 amide bonds. The van der Waals surface area contributed by atoms with Crippen LogP contribution in [0.4, 0.5) is 17.1 Å². The fraction of sp³-hybridized carbons (Fsp3) is 0.0638. The van der Waals surface area contributed by atoms with E-state index in [2.05, 4.69) is 170 Å². The summed E-state index contributed by atoms with van der Waals surface area (Å²) in [7, 11) is 0. The third-order valence-corrected chi connectivity index (χ3v) is 10.6. The van der Waals surface area contributed by atoms with Gasteiger partial charge in [0.1, 0.15) is 11.2 Å². The minimum atomic E-state index is -0.0876. The molecule has 2 heteroatoms. The Bertz CT molecular complexity index is 2730. The molecule has 0 atom stereocenters. The molecule has 0 bridgehead atoms. The second-order valence-electron chi connectivity index (χ2n) is 13.8. The Balaban J connectivity index is 1.15. The fourth-order valence-corrected chi connectivity index (χ4v) is 8.12. The summed E-state index contributed by atoms with van der Waals surface area (Å²) in [5, 5.41) is 7.16. The molecular weight excluding hydrogens is 595 g/mol. The van der Waals surface area contributed by atoms with Crippen LogP contribution in [0.2, 0.25) is 0 Å². The van der Waals surface area contributed by atoms with Gasteiger partial charge in [0.2, 0.25) is 0 Å². The van der Waals surface area contributed by atoms with Crippen LogP contribution < -0.4 is 4.90 Å². The molecular formula is C47H33NO. The molecule has 0 fully saturated rings. The molecule has 0 saturated heterocycles. The number of fused-ring (bicyclic) bond motifs is 9. The molecule has 1 aliphatic rings. The molecule has 0 spiro atoms. The van der Waals surface area contributed by atoms with Crippen molar-refractivity contribution in [3.8, 4) is 22.3 Å². The van der Waals surface area contributed by atoms with Crippen LogP contribution in [0.1, 0.15) is 25.0 Å². The van der Waals surface area contributed by atoms with Crippen LogP contribution in [0.3, 0.4) is 0 Å². The van der Waals surface area contributed by atoms with Crippen molar-refractivity contribution in [1.82, 2.24) is 0 Å². The summed E-state index contributed by atoms with van der Waals surface area (Å²) >= 11 is 0. The van der Waals surface area contributed by atoms with Crippen molar-refractivity contribution < 1.29 is 4.42 Å². The number of nitrogens with zero attached hydrogens (tertiary/aromatic N) is 1. The average Bonchev–Trinajstić information content (AvgIpc) is 3.62. The van der Waals surface area contributed by atoms with Gasteiger partial charge >= 0.3 is 0 Å². The maximum atomic E-state index is 6.22. The zero-order chi connectivity index (χ0) is 32.7. The number of para-hydroxylation sites is 1. The number of hydrogen-bond donors (Lipinski definition) is 0. The lowest BCUT2D eigenvalue weighted by Gasteiger charge is -2.28. The van der Waals surface area contributed by atoms with Crippen LogP contribution >= 0.6 is 0 Å². The molecule has 49 heavy (non-hydrogen) atoms. The highest BCUT2D eigenvalue weighted by Gasteiger charge is 2.35. The van der Waals surface area contributed by atoms with Crippen molar-refractivity contribution in [2.24, 2.45) is 0 Å². The quantitative estimate of drug-likeness (QED) is 0.181. The number of anilines is 3. The second kappa shape index (κ2) is 10.4. The van der Waals surface area contributed by atoms with E-state index < -0.39 is 0 Å². The minimum absolute atomic E-state index is 0.0876. The highest BCUT2D eigenvalue weighted by molar-refractivity contribution is 6.16. The zero-order valence-electron chi connectivity index (χ0n) is 27.4. The first-order valence-electron chi connectivity index (χ1n) is 17.0. The van der Waals surface area contributed by atoms with E-state index in [0.29, 0.717) is 0 Å². The summed E-state index contributed by atoms with van der Waals surface area (Å²) in [5.74, 6) is 0. The highest BCUT2D eigenvalue weighted by atomic mass is 16.3. The molecule has 10 rings (SSSR count). The van der Waals surface area contributed by atoms with Gasteiger partial charge in [-0.15, -0.1) is 0 Å². The maximum absolute atomic E-state index is 6.22. The molecule has 0 saturated carbocycles. The normalized spacial score (nSPS) is 13.3. The lowest BCUT2D eigenvalue weighted by atomic mass is 9.82. The van der Waals surface area contributed by atoms with Crippen molar-refractivity contribution in [1.29, 1.82) is 0 Å². The van der Waals surface area contributed by atoms with Crippen LogP contribution in [0.5, 0.6) is 0 Å². The molecule has 0 N–H and O–H groups in total. The molecule has 2 nitrogen and oxygen atoms in total. The van der Waals surface area contributed by atoms with Gasteiger partial charge in [-0.25, -0.2) is 0 Å². The zero-order valence-corrected chi connectivity index (χ0v) is 27.4. The molecule has 232 valence electrons. The average molecular weight is 628 g/mol. The van der Waals surface area contributed by atoms with Crippen LogP contribution in [0, 0.1) is 0 Å². The summed E-state index contributed by atoms with van der Waals surface area (Å²) in [6, 6.07) is 59.6. The van der Waals surface area contributed by atoms with Gasteiger partial charge in [-0.3, -0.25) is 0 Å². The predicted molar refractivity (Wildman–Crippen MR) is 206 cm³/mol. The van der Waals surface area contributed by atoms with Crippen molar-refractivity contribution >= 4 is 60.5 Å². The Morgan fingerprint density at radius 1 is 0.408 bits per heavy atom. The third kappa shape index (κ3) is 4.27. The first kappa shape index (κ1) is 27.9. The maximum Gasteiger partial charge on any atom is 0.136 e. The summed E-state index contributed by atoms with van der Waals surface area (Å²) in [6.07, 6.45) is 0. The van der Waals surface area contributed by atoms with Crippen LogP contribution in [0.25, 0.3) is 65.7 Å². The molecule has 0 radical (unpaired) electrons. The van der Waals surface area contributed by atoms with E-state index in [1.165, 1.54) is 54.9 Å². The molecule has 0 unspecified atom stereocenters. The van der Waals surface area contributed by atoms with Crippen molar-refractivity contribution in [3.05, 3.63) is 175 Å². The van der Waals surface area contributed by atoms with Gasteiger partial charge in [-0.1, -0.05) is 123 Å². The van der Waals surface area contributed by atoms with Gasteiger partial charge in [-0.05, 0) is 110 Å². The topological polar surface area (TPSA) is 16.4 Å². The molecule has 1 heterocycles. The predicted octanol–water partition coefficient (Wildman–Crippen LogP) is 13.3. The number of rotatable bonds is 4. The SMILES string of the molecule is CC1(C)c2ccccc2-c2ccc(N(c3ccc(-c4ccccc4)cc3)c3ccc4c(ccc5cc6oc7ccccc7c6cc54)c3)cc21. The molecule has 8 aromatic carbocycles. The number of hydrogen-bond acceptors (Lipinski definition) is 2. The molecule has 9 aromatic rings. The molecule has 0 aliphatic heterocycles. The molecule has 1 aliphatic carbocycles. The van der Waals surface area contributed by atoms with Gasteiger partial charge < -0.3 is 9.32 Å². The largest absolute Gasteiger partial charge is 0.456 e. The third-order valence-electron chi connectivity index (χ3n) is 10.6. The van der Waals surface area contributed by atoms with E-state index >= 15 is 0 Å².